The van der Waals surface area contributed by atoms with Crippen molar-refractivity contribution < 1.29 is 34.8 Å². The first-order valence-corrected chi connectivity index (χ1v) is 11.7. The Morgan fingerprint density at radius 2 is 1.71 bits per heavy atom. The molecule has 0 radical (unpaired) electrons. The Labute approximate surface area is 202 Å². The summed E-state index contributed by atoms with van der Waals surface area (Å²) in [5, 5.41) is 0. The lowest BCUT2D eigenvalue weighted by atomic mass is 10.0. The number of sulfone groups is 1. The van der Waals surface area contributed by atoms with Crippen molar-refractivity contribution in [2.75, 3.05) is 0 Å². The van der Waals surface area contributed by atoms with Crippen LogP contribution in [0.25, 0.3) is 0 Å². The van der Waals surface area contributed by atoms with Crippen LogP contribution in [-0.2, 0) is 16.0 Å². The highest BCUT2D eigenvalue weighted by molar-refractivity contribution is 7.92. The van der Waals surface area contributed by atoms with Crippen molar-refractivity contribution in [3.05, 3.63) is 41.6 Å². The number of halogens is 6. The second kappa shape index (κ2) is 12.8. The lowest BCUT2D eigenvalue weighted by Gasteiger charge is -2.25. The highest BCUT2D eigenvalue weighted by Crippen LogP contribution is 2.35. The smallest absolute Gasteiger partial charge is 0.388 e. The maximum atomic E-state index is 13.0. The van der Waals surface area contributed by atoms with Gasteiger partial charge in [0, 0.05) is 6.21 Å². The third kappa shape index (κ3) is 9.76. The minimum atomic E-state index is -4.69. The van der Waals surface area contributed by atoms with Crippen molar-refractivity contribution >= 4 is 21.9 Å². The van der Waals surface area contributed by atoms with Gasteiger partial charge in [-0.3, -0.25) is 9.98 Å². The fraction of sp³-hybridized carbons (Fsp3) is 0.478. The molecule has 12 heteroatoms. The minimum absolute atomic E-state index is 0.0187. The zero-order valence-corrected chi connectivity index (χ0v) is 20.6. The molecule has 0 heterocycles. The van der Waals surface area contributed by atoms with Crippen LogP contribution < -0.4 is 5.73 Å². The molecule has 0 aliphatic rings. The van der Waals surface area contributed by atoms with Gasteiger partial charge in [0.05, 0.1) is 27.1 Å². The van der Waals surface area contributed by atoms with Crippen molar-refractivity contribution in [2.24, 2.45) is 15.7 Å². The van der Waals surface area contributed by atoms with Gasteiger partial charge in [0.2, 0.25) is 0 Å². The van der Waals surface area contributed by atoms with Crippen LogP contribution in [0.4, 0.5) is 26.3 Å². The molecule has 1 rings (SSSR count). The summed E-state index contributed by atoms with van der Waals surface area (Å²) in [5.74, 6) is 0.108. The Balaban J connectivity index is 0.00000562. The lowest BCUT2D eigenvalue weighted by molar-refractivity contribution is -0.137. The molecule has 35 heavy (non-hydrogen) atoms. The summed E-state index contributed by atoms with van der Waals surface area (Å²) in [4.78, 5) is 7.00. The van der Waals surface area contributed by atoms with Gasteiger partial charge in [-0.1, -0.05) is 12.1 Å². The molecule has 1 unspecified atom stereocenters. The monoisotopic (exact) mass is 525 g/mol. The van der Waals surface area contributed by atoms with E-state index in [4.69, 9.17) is 5.73 Å². The van der Waals surface area contributed by atoms with E-state index in [1.807, 2.05) is 0 Å². The summed E-state index contributed by atoms with van der Waals surface area (Å²) in [6.07, 6.45) is 0.806. The van der Waals surface area contributed by atoms with Gasteiger partial charge in [-0.2, -0.15) is 26.3 Å². The second-order valence-electron chi connectivity index (χ2n) is 7.97. The molecule has 0 aliphatic carbocycles. The molecule has 0 aliphatic heterocycles. The highest BCUT2D eigenvalue weighted by atomic mass is 32.2. The fourth-order valence-corrected chi connectivity index (χ4v) is 4.53. The van der Waals surface area contributed by atoms with E-state index in [0.29, 0.717) is 6.07 Å². The minimum Gasteiger partial charge on any atom is -0.388 e. The zero-order valence-electron chi connectivity index (χ0n) is 19.8. The Bertz CT molecular complexity index is 1050. The molecular formula is C23H29F6N3O2S. The number of hydrogen-bond donors (Lipinski definition) is 1. The highest BCUT2D eigenvalue weighted by Gasteiger charge is 2.38. The molecule has 0 bridgehead atoms. The van der Waals surface area contributed by atoms with Crippen LogP contribution in [0.5, 0.6) is 0 Å². The first kappa shape index (κ1) is 32.2. The maximum Gasteiger partial charge on any atom is 0.432 e. The molecule has 0 aromatic heterocycles. The number of nitrogens with two attached hydrogens (primary N) is 1. The quantitative estimate of drug-likeness (QED) is 0.187. The van der Waals surface area contributed by atoms with Crippen LogP contribution in [0.2, 0.25) is 0 Å². The van der Waals surface area contributed by atoms with Crippen LogP contribution >= 0.6 is 0 Å². The summed E-state index contributed by atoms with van der Waals surface area (Å²) >= 11 is 0. The van der Waals surface area contributed by atoms with Gasteiger partial charge in [0.15, 0.2) is 9.84 Å². The largest absolute Gasteiger partial charge is 0.432 e. The van der Waals surface area contributed by atoms with Crippen molar-refractivity contribution in [2.45, 2.75) is 75.0 Å². The second-order valence-corrected chi connectivity index (χ2v) is 10.6. The van der Waals surface area contributed by atoms with E-state index in [1.165, 1.54) is 27.7 Å². The summed E-state index contributed by atoms with van der Waals surface area (Å²) in [7, 11) is -4.14. The van der Waals surface area contributed by atoms with E-state index in [-0.39, 0.29) is 25.1 Å². The van der Waals surface area contributed by atoms with Gasteiger partial charge >= 0.3 is 12.4 Å². The number of benzene rings is 1. The van der Waals surface area contributed by atoms with Crippen molar-refractivity contribution in [3.8, 4) is 12.8 Å². The van der Waals surface area contributed by atoms with Gasteiger partial charge in [0.25, 0.3) is 0 Å². The number of nitrogens with zero attached hydrogens (tertiary/aromatic N) is 2. The third-order valence-corrected chi connectivity index (χ3v) is 7.33. The molecule has 5 nitrogen and oxygen atoms in total. The number of rotatable bonds is 9. The Kier molecular flexibility index (Phi) is 11.7. The van der Waals surface area contributed by atoms with Crippen LogP contribution in [0.15, 0.2) is 50.9 Å². The molecule has 0 saturated heterocycles. The molecule has 0 fully saturated rings. The van der Waals surface area contributed by atoms with Gasteiger partial charge in [-0.25, -0.2) is 8.42 Å². The average molecular weight is 526 g/mol. The van der Waals surface area contributed by atoms with E-state index in [1.54, 1.807) is 0 Å². The SMILES string of the molecule is C#C.C/C=C(\N=CC(CCCC(C)(C)S(=O)(=O)c1cccc(C(F)(F)F)c1)N=C(C)N)C(F)(F)F. The fourth-order valence-electron chi connectivity index (χ4n) is 2.94. The number of allylic oxidation sites excluding steroid dienone is 2. The predicted octanol–water partition coefficient (Wildman–Crippen LogP) is 5.96. The number of aliphatic imine (C=N–C) groups is 2. The standard InChI is InChI=1S/C21H27F6N3O2S.C2H2/c1-5-18(21(25,26)27)29-13-16(30-14(2)28)9-7-11-19(3,4)33(31,32)17-10-6-8-15(12-17)20(22,23)24;1-2/h5-6,8,10,12-13,16H,7,9,11H2,1-4H3,(H2,28,30);1-2H/b18-5-,29-13?;. The van der Waals surface area contributed by atoms with E-state index >= 15 is 0 Å². The molecule has 2 N–H and O–H groups in total. The first-order chi connectivity index (χ1) is 15.9. The molecule has 0 amide bonds. The van der Waals surface area contributed by atoms with E-state index in [2.05, 4.69) is 22.8 Å². The van der Waals surface area contributed by atoms with Gasteiger partial charge in [-0.15, -0.1) is 12.8 Å². The molecule has 0 spiro atoms. The van der Waals surface area contributed by atoms with E-state index in [0.717, 1.165) is 30.5 Å². The number of terminal acetylenes is 1. The third-order valence-electron chi connectivity index (χ3n) is 4.80. The van der Waals surface area contributed by atoms with Gasteiger partial charge in [0.1, 0.15) is 5.70 Å². The molecule has 0 saturated carbocycles. The van der Waals surface area contributed by atoms with Gasteiger partial charge in [-0.05, 0) is 65.2 Å². The molecule has 196 valence electrons. The number of alkyl halides is 6. The normalized spacial score (nSPS) is 15.0. The van der Waals surface area contributed by atoms with Crippen LogP contribution in [0.1, 0.15) is 52.5 Å². The Morgan fingerprint density at radius 3 is 2.17 bits per heavy atom. The van der Waals surface area contributed by atoms with Crippen LogP contribution in [0.3, 0.4) is 0 Å². The van der Waals surface area contributed by atoms with Gasteiger partial charge < -0.3 is 5.73 Å². The van der Waals surface area contributed by atoms with Crippen molar-refractivity contribution in [1.82, 2.24) is 0 Å². The van der Waals surface area contributed by atoms with Crippen molar-refractivity contribution in [1.29, 1.82) is 0 Å². The van der Waals surface area contributed by atoms with E-state index in [9.17, 15) is 34.8 Å². The summed E-state index contributed by atoms with van der Waals surface area (Å²) in [5.41, 5.74) is 3.35. The summed E-state index contributed by atoms with van der Waals surface area (Å²) in [6, 6.07) is 2.66. The number of amidine groups is 1. The molecule has 1 aromatic carbocycles. The maximum absolute atomic E-state index is 13.0. The topological polar surface area (TPSA) is 84.9 Å². The Morgan fingerprint density at radius 1 is 1.14 bits per heavy atom. The first-order valence-electron chi connectivity index (χ1n) is 10.2. The zero-order chi connectivity index (χ0) is 27.7. The average Bonchev–Trinajstić information content (AvgIpc) is 2.73. The summed E-state index contributed by atoms with van der Waals surface area (Å²) in [6.45, 7) is 5.40. The van der Waals surface area contributed by atoms with E-state index < -0.39 is 49.1 Å². The summed E-state index contributed by atoms with van der Waals surface area (Å²) < 4.78 is 102. The van der Waals surface area contributed by atoms with Crippen LogP contribution in [-0.4, -0.2) is 37.4 Å². The number of hydrogen-bond acceptors (Lipinski definition) is 4. The lowest BCUT2D eigenvalue weighted by Crippen LogP contribution is -2.32. The molecular weight excluding hydrogens is 496 g/mol. The Hall–Kier alpha value is -2.81. The van der Waals surface area contributed by atoms with Crippen LogP contribution in [0, 0.1) is 12.8 Å². The predicted molar refractivity (Wildman–Crippen MR) is 126 cm³/mol. The molecule has 1 atom stereocenters. The molecule has 1 aromatic rings. The van der Waals surface area contributed by atoms with Crippen molar-refractivity contribution in [3.63, 3.8) is 0 Å².